The van der Waals surface area contributed by atoms with Gasteiger partial charge < -0.3 is 29.5 Å². The van der Waals surface area contributed by atoms with Crippen molar-refractivity contribution in [2.24, 2.45) is 0 Å². The van der Waals surface area contributed by atoms with Crippen LogP contribution in [0.5, 0.6) is 5.88 Å². The fraction of sp³-hybridized carbons (Fsp3) is 0.250. The van der Waals surface area contributed by atoms with E-state index in [9.17, 15) is 18.0 Å². The minimum atomic E-state index is -4.52. The monoisotopic (exact) mass is 508 g/mol. The lowest BCUT2D eigenvalue weighted by molar-refractivity contribution is -0.137. The smallest absolute Gasteiger partial charge is 0.416 e. The summed E-state index contributed by atoms with van der Waals surface area (Å²) in [7, 11) is 0. The number of hydrogen-bond donors (Lipinski definition) is 1. The highest BCUT2D eigenvalue weighted by Crippen LogP contribution is 2.35. The van der Waals surface area contributed by atoms with Gasteiger partial charge >= 0.3 is 23.9 Å². The SMILES string of the molecule is [C-]#[N+]c1nc(OCc2ccncc2)c(N2CCN(C(=O)Nc3cccc(C(F)(F)F)c3)CC2)nc1[N+]#[C-]. The Kier molecular flexibility index (Phi) is 7.34. The van der Waals surface area contributed by atoms with E-state index < -0.39 is 17.8 Å². The molecular weight excluding hydrogens is 489 g/mol. The number of anilines is 2. The Morgan fingerprint density at radius 3 is 2.35 bits per heavy atom. The summed E-state index contributed by atoms with van der Waals surface area (Å²) in [6.07, 6.45) is -1.29. The maximum atomic E-state index is 13.0. The van der Waals surface area contributed by atoms with Crippen LogP contribution in [0.15, 0.2) is 48.8 Å². The van der Waals surface area contributed by atoms with Crippen molar-refractivity contribution in [1.29, 1.82) is 0 Å². The second-order valence-corrected chi connectivity index (χ2v) is 7.85. The summed E-state index contributed by atoms with van der Waals surface area (Å²) in [6, 6.07) is 7.41. The first-order valence-electron chi connectivity index (χ1n) is 11.0. The van der Waals surface area contributed by atoms with E-state index in [4.69, 9.17) is 17.9 Å². The summed E-state index contributed by atoms with van der Waals surface area (Å²) in [4.78, 5) is 34.9. The molecule has 188 valence electrons. The molecule has 1 saturated heterocycles. The van der Waals surface area contributed by atoms with E-state index in [2.05, 4.69) is 30.0 Å². The van der Waals surface area contributed by atoms with Crippen LogP contribution in [0.3, 0.4) is 0 Å². The Labute approximate surface area is 210 Å². The number of urea groups is 1. The van der Waals surface area contributed by atoms with E-state index in [0.29, 0.717) is 13.1 Å². The summed E-state index contributed by atoms with van der Waals surface area (Å²) in [5.41, 5.74) is 0.000244. The summed E-state index contributed by atoms with van der Waals surface area (Å²) in [5, 5.41) is 2.50. The molecule has 3 heterocycles. The van der Waals surface area contributed by atoms with Gasteiger partial charge in [0.2, 0.25) is 0 Å². The van der Waals surface area contributed by atoms with Crippen LogP contribution >= 0.6 is 0 Å². The zero-order valence-electron chi connectivity index (χ0n) is 19.2. The van der Waals surface area contributed by atoms with Crippen LogP contribution < -0.4 is 15.0 Å². The van der Waals surface area contributed by atoms with Gasteiger partial charge in [0.1, 0.15) is 6.61 Å². The third kappa shape index (κ3) is 6.02. The van der Waals surface area contributed by atoms with Gasteiger partial charge in [-0.1, -0.05) is 24.2 Å². The van der Waals surface area contributed by atoms with Crippen LogP contribution in [-0.2, 0) is 12.8 Å². The number of ether oxygens (including phenoxy) is 1. The molecule has 10 nitrogen and oxygen atoms in total. The summed E-state index contributed by atoms with van der Waals surface area (Å²) >= 11 is 0. The number of carbonyl (C=O) groups is 1. The average molecular weight is 508 g/mol. The van der Waals surface area contributed by atoms with Gasteiger partial charge in [-0.15, -0.1) is 4.98 Å². The lowest BCUT2D eigenvalue weighted by atomic mass is 10.2. The molecule has 1 aromatic carbocycles. The van der Waals surface area contributed by atoms with Crippen molar-refractivity contribution in [3.05, 3.63) is 82.8 Å². The topological polar surface area (TPSA) is 92.2 Å². The Bertz CT molecular complexity index is 1360. The Morgan fingerprint density at radius 2 is 1.70 bits per heavy atom. The molecule has 0 radical (unpaired) electrons. The van der Waals surface area contributed by atoms with E-state index >= 15 is 0 Å². The maximum Gasteiger partial charge on any atom is 0.416 e. The molecule has 13 heteroatoms. The van der Waals surface area contributed by atoms with E-state index in [0.717, 1.165) is 17.7 Å². The molecule has 3 aromatic rings. The number of alkyl halides is 3. The Hall–Kier alpha value is -4.91. The van der Waals surface area contributed by atoms with Crippen molar-refractivity contribution < 1.29 is 22.7 Å². The second kappa shape index (κ2) is 10.8. The lowest BCUT2D eigenvalue weighted by Crippen LogP contribution is -2.50. The van der Waals surface area contributed by atoms with Crippen molar-refractivity contribution in [2.45, 2.75) is 12.8 Å². The Morgan fingerprint density at radius 1 is 1.03 bits per heavy atom. The van der Waals surface area contributed by atoms with Crippen LogP contribution in [0.25, 0.3) is 9.69 Å². The predicted molar refractivity (Wildman–Crippen MR) is 127 cm³/mol. The number of pyridine rings is 1. The average Bonchev–Trinajstić information content (AvgIpc) is 2.91. The van der Waals surface area contributed by atoms with Gasteiger partial charge in [0.15, 0.2) is 0 Å². The molecule has 4 rings (SSSR count). The van der Waals surface area contributed by atoms with Crippen LogP contribution in [0.2, 0.25) is 0 Å². The van der Waals surface area contributed by atoms with Crippen molar-refractivity contribution in [3.63, 3.8) is 0 Å². The first-order valence-corrected chi connectivity index (χ1v) is 11.0. The van der Waals surface area contributed by atoms with Crippen LogP contribution in [0, 0.1) is 13.1 Å². The number of nitrogens with zero attached hydrogens (tertiary/aromatic N) is 7. The number of benzene rings is 1. The molecule has 1 N–H and O–H groups in total. The van der Waals surface area contributed by atoms with Crippen LogP contribution in [-0.4, -0.2) is 52.1 Å². The fourth-order valence-corrected chi connectivity index (χ4v) is 3.57. The van der Waals surface area contributed by atoms with Gasteiger partial charge in [-0.05, 0) is 35.9 Å². The zero-order chi connectivity index (χ0) is 26.4. The third-order valence-corrected chi connectivity index (χ3v) is 5.45. The van der Waals surface area contributed by atoms with Gasteiger partial charge in [-0.2, -0.15) is 13.2 Å². The third-order valence-electron chi connectivity index (χ3n) is 5.45. The number of amides is 2. The van der Waals surface area contributed by atoms with Crippen LogP contribution in [0.4, 0.5) is 41.1 Å². The highest BCUT2D eigenvalue weighted by Gasteiger charge is 2.32. The quantitative estimate of drug-likeness (QED) is 0.492. The normalized spacial score (nSPS) is 13.4. The molecule has 0 spiro atoms. The number of nitrogens with one attached hydrogen (secondary N) is 1. The number of halogens is 3. The molecule has 2 amide bonds. The van der Waals surface area contributed by atoms with E-state index in [-0.39, 0.29) is 48.7 Å². The first kappa shape index (κ1) is 25.2. The van der Waals surface area contributed by atoms with E-state index in [1.165, 1.54) is 17.0 Å². The second-order valence-electron chi connectivity index (χ2n) is 7.85. The number of carbonyl (C=O) groups excluding carboxylic acids is 1. The summed E-state index contributed by atoms with van der Waals surface area (Å²) in [6.45, 7) is 15.8. The first-order chi connectivity index (χ1) is 17.8. The van der Waals surface area contributed by atoms with Gasteiger partial charge in [0, 0.05) is 44.3 Å². The maximum absolute atomic E-state index is 13.0. The molecule has 0 atom stereocenters. The molecule has 1 aliphatic rings. The standard InChI is InChI=1S/C24H19F3N8O2/c1-28-19-20(29-2)33-22(37-15-16-6-8-30-9-7-16)21(32-19)34-10-12-35(13-11-34)23(36)31-18-5-3-4-17(14-18)24(25,26)27/h3-9,14H,10-13,15H2,(H,31,36). The summed E-state index contributed by atoms with van der Waals surface area (Å²) < 4.78 is 44.7. The van der Waals surface area contributed by atoms with Gasteiger partial charge in [-0.25, -0.2) is 4.79 Å². The molecular formula is C24H19F3N8O2. The molecule has 1 aliphatic heterocycles. The lowest BCUT2D eigenvalue weighted by Gasteiger charge is -2.34. The van der Waals surface area contributed by atoms with Gasteiger partial charge in [-0.3, -0.25) is 4.98 Å². The molecule has 1 fully saturated rings. The molecule has 2 aromatic heterocycles. The summed E-state index contributed by atoms with van der Waals surface area (Å²) in [5.74, 6) is 0.0102. The van der Waals surface area contributed by atoms with Crippen molar-refractivity contribution in [1.82, 2.24) is 19.9 Å². The molecule has 37 heavy (non-hydrogen) atoms. The van der Waals surface area contributed by atoms with Crippen LogP contribution in [0.1, 0.15) is 11.1 Å². The van der Waals surface area contributed by atoms with E-state index in [1.807, 2.05) is 0 Å². The van der Waals surface area contributed by atoms with Crippen molar-refractivity contribution >= 4 is 29.2 Å². The zero-order valence-corrected chi connectivity index (χ0v) is 19.2. The number of aromatic nitrogens is 3. The highest BCUT2D eigenvalue weighted by atomic mass is 19.4. The van der Waals surface area contributed by atoms with Crippen molar-refractivity contribution in [2.75, 3.05) is 36.4 Å². The number of hydrogen-bond acceptors (Lipinski definition) is 6. The molecule has 0 aliphatic carbocycles. The number of rotatable bonds is 5. The highest BCUT2D eigenvalue weighted by molar-refractivity contribution is 5.89. The molecule has 0 bridgehead atoms. The Balaban J connectivity index is 1.46. The number of piperazine rings is 1. The fourth-order valence-electron chi connectivity index (χ4n) is 3.57. The van der Waals surface area contributed by atoms with E-state index in [1.54, 1.807) is 29.4 Å². The van der Waals surface area contributed by atoms with Gasteiger partial charge in [0.05, 0.1) is 5.56 Å². The molecule has 0 saturated carbocycles. The molecule has 0 unspecified atom stereocenters. The predicted octanol–water partition coefficient (Wildman–Crippen LogP) is 4.93. The van der Waals surface area contributed by atoms with Crippen molar-refractivity contribution in [3.8, 4) is 5.88 Å². The van der Waals surface area contributed by atoms with Gasteiger partial charge in [0.25, 0.3) is 11.6 Å². The minimum Gasteiger partial charge on any atom is -0.451 e. The largest absolute Gasteiger partial charge is 0.451 e. The minimum absolute atomic E-state index is 0.0383.